The molecule has 0 aliphatic carbocycles. The summed E-state index contributed by atoms with van der Waals surface area (Å²) in [5, 5.41) is 11.0. The Balaban J connectivity index is 2.77. The minimum Gasteiger partial charge on any atom is -0.366 e. The number of nitrogens with zero attached hydrogens (tertiary/aromatic N) is 1. The van der Waals surface area contributed by atoms with Crippen molar-refractivity contribution >= 4 is 11.6 Å². The molecule has 2 aromatic carbocycles. The Morgan fingerprint density at radius 2 is 1.72 bits per heavy atom. The second kappa shape index (κ2) is 4.67. The molecule has 18 heavy (non-hydrogen) atoms. The Bertz CT molecular complexity index is 577. The lowest BCUT2D eigenvalue weighted by atomic mass is 9.97. The lowest BCUT2D eigenvalue weighted by Gasteiger charge is -2.07. The first-order chi connectivity index (χ1) is 8.61. The molecule has 1 amide bonds. The van der Waals surface area contributed by atoms with Gasteiger partial charge in [-0.25, -0.2) is 0 Å². The maximum absolute atomic E-state index is 11.4. The maximum Gasteiger partial charge on any atom is 0.277 e. The van der Waals surface area contributed by atoms with Gasteiger partial charge in [-0.15, -0.1) is 0 Å². The van der Waals surface area contributed by atoms with Crippen molar-refractivity contribution in [1.29, 1.82) is 0 Å². The molecular weight excluding hydrogens is 232 g/mol. The number of hydrogen-bond acceptors (Lipinski definition) is 3. The van der Waals surface area contributed by atoms with Crippen LogP contribution in [0.4, 0.5) is 5.69 Å². The third kappa shape index (κ3) is 2.06. The molecule has 2 N–H and O–H groups in total. The van der Waals surface area contributed by atoms with E-state index in [1.54, 1.807) is 30.3 Å². The predicted octanol–water partition coefficient (Wildman–Crippen LogP) is 2.36. The number of carbonyl (C=O) groups excluding carboxylic acids is 1. The number of nitro benzene ring substituents is 1. The predicted molar refractivity (Wildman–Crippen MR) is 67.1 cm³/mol. The highest BCUT2D eigenvalue weighted by Crippen LogP contribution is 2.32. The smallest absolute Gasteiger partial charge is 0.277 e. The molecule has 0 saturated heterocycles. The van der Waals surface area contributed by atoms with Gasteiger partial charge in [0.15, 0.2) is 0 Å². The fraction of sp³-hybridized carbons (Fsp3) is 0. The van der Waals surface area contributed by atoms with Crippen LogP contribution >= 0.6 is 0 Å². The first-order valence-electron chi connectivity index (χ1n) is 5.24. The molecule has 0 fully saturated rings. The van der Waals surface area contributed by atoms with Gasteiger partial charge in [-0.3, -0.25) is 14.9 Å². The van der Waals surface area contributed by atoms with Crippen LogP contribution in [-0.4, -0.2) is 10.8 Å². The summed E-state index contributed by atoms with van der Waals surface area (Å²) in [5.41, 5.74) is 6.14. The van der Waals surface area contributed by atoms with E-state index in [9.17, 15) is 14.9 Å². The van der Waals surface area contributed by atoms with Gasteiger partial charge in [0.1, 0.15) is 0 Å². The lowest BCUT2D eigenvalue weighted by Crippen LogP contribution is -2.13. The van der Waals surface area contributed by atoms with E-state index >= 15 is 0 Å². The zero-order chi connectivity index (χ0) is 13.1. The molecule has 0 unspecified atom stereocenters. The third-order valence-electron chi connectivity index (χ3n) is 2.57. The van der Waals surface area contributed by atoms with Crippen LogP contribution in [0.15, 0.2) is 48.5 Å². The van der Waals surface area contributed by atoms with Crippen molar-refractivity contribution in [1.82, 2.24) is 0 Å². The molecule has 0 bridgehead atoms. The molecule has 0 heterocycles. The Morgan fingerprint density at radius 3 is 2.28 bits per heavy atom. The number of carbonyl (C=O) groups is 1. The molecule has 2 aromatic rings. The maximum atomic E-state index is 11.4. The zero-order valence-corrected chi connectivity index (χ0v) is 9.37. The number of hydrogen-bond donors (Lipinski definition) is 1. The molecule has 0 spiro atoms. The minimum absolute atomic E-state index is 0.127. The van der Waals surface area contributed by atoms with Crippen molar-refractivity contribution < 1.29 is 9.72 Å². The number of nitrogens with two attached hydrogens (primary N) is 1. The van der Waals surface area contributed by atoms with Crippen molar-refractivity contribution in [3.8, 4) is 11.1 Å². The number of rotatable bonds is 3. The van der Waals surface area contributed by atoms with E-state index in [0.29, 0.717) is 5.56 Å². The fourth-order valence-corrected chi connectivity index (χ4v) is 1.81. The van der Waals surface area contributed by atoms with Crippen LogP contribution in [-0.2, 0) is 0 Å². The van der Waals surface area contributed by atoms with Gasteiger partial charge in [0.25, 0.3) is 5.69 Å². The second-order valence-electron chi connectivity index (χ2n) is 3.69. The molecule has 5 heteroatoms. The SMILES string of the molecule is NC(=O)c1cccc([N+](=O)[O-])c1-c1ccccc1. The summed E-state index contributed by atoms with van der Waals surface area (Å²) in [4.78, 5) is 21.9. The first kappa shape index (κ1) is 11.8. The van der Waals surface area contributed by atoms with Crippen molar-refractivity contribution in [2.24, 2.45) is 5.73 Å². The molecule has 0 saturated carbocycles. The molecule has 90 valence electrons. The van der Waals surface area contributed by atoms with Crippen molar-refractivity contribution in [2.75, 3.05) is 0 Å². The normalized spacial score (nSPS) is 10.0. The third-order valence-corrected chi connectivity index (χ3v) is 2.57. The molecule has 0 aliphatic rings. The summed E-state index contributed by atoms with van der Waals surface area (Å²) >= 11 is 0. The number of primary amides is 1. The monoisotopic (exact) mass is 242 g/mol. The van der Waals surface area contributed by atoms with Crippen LogP contribution in [0.3, 0.4) is 0 Å². The highest BCUT2D eigenvalue weighted by Gasteiger charge is 2.21. The van der Waals surface area contributed by atoms with E-state index in [1.807, 2.05) is 0 Å². The fourth-order valence-electron chi connectivity index (χ4n) is 1.81. The van der Waals surface area contributed by atoms with Crippen molar-refractivity contribution in [2.45, 2.75) is 0 Å². The summed E-state index contributed by atoms with van der Waals surface area (Å²) in [6.45, 7) is 0. The van der Waals surface area contributed by atoms with E-state index in [0.717, 1.165) is 0 Å². The van der Waals surface area contributed by atoms with Gasteiger partial charge >= 0.3 is 0 Å². The Labute approximate surface area is 103 Å². The molecule has 0 aliphatic heterocycles. The van der Waals surface area contributed by atoms with Gasteiger partial charge in [0, 0.05) is 6.07 Å². The van der Waals surface area contributed by atoms with Crippen LogP contribution < -0.4 is 5.73 Å². The highest BCUT2D eigenvalue weighted by molar-refractivity contribution is 6.02. The molecule has 2 rings (SSSR count). The van der Waals surface area contributed by atoms with Crippen LogP contribution in [0, 0.1) is 10.1 Å². The molecule has 5 nitrogen and oxygen atoms in total. The standard InChI is InChI=1S/C13H10N2O3/c14-13(16)10-7-4-8-11(15(17)18)12(10)9-5-2-1-3-6-9/h1-8H,(H2,14,16). The molecular formula is C13H10N2O3. The summed E-state index contributed by atoms with van der Waals surface area (Å²) in [5.74, 6) is -0.683. The first-order valence-corrected chi connectivity index (χ1v) is 5.24. The number of nitro groups is 1. The highest BCUT2D eigenvalue weighted by atomic mass is 16.6. The van der Waals surface area contributed by atoms with Gasteiger partial charge in [0.2, 0.25) is 5.91 Å². The number of benzene rings is 2. The Morgan fingerprint density at radius 1 is 1.06 bits per heavy atom. The molecule has 0 atom stereocenters. The molecule has 0 radical (unpaired) electrons. The summed E-state index contributed by atoms with van der Waals surface area (Å²) in [6.07, 6.45) is 0. The van der Waals surface area contributed by atoms with E-state index in [2.05, 4.69) is 0 Å². The van der Waals surface area contributed by atoms with Gasteiger partial charge in [-0.1, -0.05) is 36.4 Å². The number of amides is 1. The van der Waals surface area contributed by atoms with Crippen LogP contribution in [0.5, 0.6) is 0 Å². The Hall–Kier alpha value is -2.69. The Kier molecular flexibility index (Phi) is 3.05. The van der Waals surface area contributed by atoms with Gasteiger partial charge in [-0.05, 0) is 11.6 Å². The van der Waals surface area contributed by atoms with Gasteiger partial charge in [0.05, 0.1) is 16.1 Å². The molecule has 0 aromatic heterocycles. The largest absolute Gasteiger partial charge is 0.366 e. The summed E-state index contributed by atoms with van der Waals surface area (Å²) in [7, 11) is 0. The average Bonchev–Trinajstić information content (AvgIpc) is 2.38. The summed E-state index contributed by atoms with van der Waals surface area (Å²) < 4.78 is 0. The average molecular weight is 242 g/mol. The van der Waals surface area contributed by atoms with Crippen molar-refractivity contribution in [3.63, 3.8) is 0 Å². The van der Waals surface area contributed by atoms with E-state index in [4.69, 9.17) is 5.73 Å². The van der Waals surface area contributed by atoms with E-state index in [-0.39, 0.29) is 16.8 Å². The van der Waals surface area contributed by atoms with Gasteiger partial charge in [-0.2, -0.15) is 0 Å². The second-order valence-corrected chi connectivity index (χ2v) is 3.69. The van der Waals surface area contributed by atoms with Crippen LogP contribution in [0.2, 0.25) is 0 Å². The van der Waals surface area contributed by atoms with Gasteiger partial charge < -0.3 is 5.73 Å². The summed E-state index contributed by atoms with van der Waals surface area (Å²) in [6, 6.07) is 13.0. The van der Waals surface area contributed by atoms with Crippen molar-refractivity contribution in [3.05, 3.63) is 64.2 Å². The lowest BCUT2D eigenvalue weighted by molar-refractivity contribution is -0.384. The van der Waals surface area contributed by atoms with Crippen LogP contribution in [0.25, 0.3) is 11.1 Å². The van der Waals surface area contributed by atoms with E-state index in [1.165, 1.54) is 18.2 Å². The van der Waals surface area contributed by atoms with E-state index < -0.39 is 10.8 Å². The quantitative estimate of drug-likeness (QED) is 0.662. The topological polar surface area (TPSA) is 86.2 Å². The zero-order valence-electron chi connectivity index (χ0n) is 9.37. The minimum atomic E-state index is -0.683. The van der Waals surface area contributed by atoms with Crippen LogP contribution in [0.1, 0.15) is 10.4 Å².